The van der Waals surface area contributed by atoms with Gasteiger partial charge in [0.05, 0.1) is 0 Å². The molecule has 0 N–H and O–H groups in total. The Kier molecular flexibility index (Phi) is 3.09. The van der Waals surface area contributed by atoms with E-state index in [9.17, 15) is 4.39 Å². The van der Waals surface area contributed by atoms with E-state index in [2.05, 4.69) is 6.92 Å². The summed E-state index contributed by atoms with van der Waals surface area (Å²) in [5, 5.41) is 0. The van der Waals surface area contributed by atoms with Crippen LogP contribution in [0.2, 0.25) is 0 Å². The molecule has 0 aliphatic heterocycles. The molecule has 1 unspecified atom stereocenters. The molecule has 1 rings (SSSR count). The lowest BCUT2D eigenvalue weighted by molar-refractivity contribution is 0.0860. The van der Waals surface area contributed by atoms with Crippen LogP contribution in [0.25, 0.3) is 0 Å². The minimum absolute atomic E-state index is 0.601. The van der Waals surface area contributed by atoms with Crippen LogP contribution < -0.4 is 4.74 Å². The maximum Gasteiger partial charge on any atom is 0.235 e. The van der Waals surface area contributed by atoms with Crippen LogP contribution in [0.3, 0.4) is 0 Å². The number of hydrogen-bond donors (Lipinski definition) is 0. The maximum absolute atomic E-state index is 12.4. The molecule has 0 aliphatic rings. The molecule has 1 aromatic rings. The molecule has 0 fully saturated rings. The van der Waals surface area contributed by atoms with E-state index < -0.39 is 6.36 Å². The zero-order valence-electron chi connectivity index (χ0n) is 7.38. The van der Waals surface area contributed by atoms with E-state index in [-0.39, 0.29) is 0 Å². The first-order valence-corrected chi connectivity index (χ1v) is 4.12. The topological polar surface area (TPSA) is 9.23 Å². The highest BCUT2D eigenvalue weighted by Gasteiger charge is 1.99. The van der Waals surface area contributed by atoms with Crippen LogP contribution in [0.5, 0.6) is 5.75 Å². The fourth-order valence-electron chi connectivity index (χ4n) is 1.03. The normalized spacial score (nSPS) is 12.6. The lowest BCUT2D eigenvalue weighted by Gasteiger charge is -2.07. The van der Waals surface area contributed by atoms with Crippen molar-refractivity contribution < 1.29 is 9.13 Å². The van der Waals surface area contributed by atoms with Crippen molar-refractivity contribution in [3.8, 4) is 5.75 Å². The molecule has 0 amide bonds. The minimum atomic E-state index is -1.24. The average Bonchev–Trinajstić information content (AvgIpc) is 2.03. The monoisotopic (exact) mass is 168 g/mol. The molecule has 1 atom stereocenters. The number of alkyl halides is 1. The molecule has 0 aliphatic carbocycles. The van der Waals surface area contributed by atoms with Gasteiger partial charge < -0.3 is 4.74 Å². The van der Waals surface area contributed by atoms with E-state index in [0.717, 1.165) is 12.0 Å². The maximum atomic E-state index is 12.4. The summed E-state index contributed by atoms with van der Waals surface area (Å²) in [6.45, 7) is 3.43. The first-order chi connectivity index (χ1) is 5.72. The van der Waals surface area contributed by atoms with E-state index in [4.69, 9.17) is 4.74 Å². The summed E-state index contributed by atoms with van der Waals surface area (Å²) in [5.74, 6) is 0.601. The molecule has 0 saturated carbocycles. The largest absolute Gasteiger partial charge is 0.461 e. The number of hydrogen-bond acceptors (Lipinski definition) is 1. The van der Waals surface area contributed by atoms with E-state index in [0.29, 0.717) is 5.75 Å². The third kappa shape index (κ3) is 2.53. The van der Waals surface area contributed by atoms with Gasteiger partial charge in [-0.3, -0.25) is 0 Å². The van der Waals surface area contributed by atoms with Gasteiger partial charge in [0.25, 0.3) is 0 Å². The van der Waals surface area contributed by atoms with Gasteiger partial charge in [0, 0.05) is 6.92 Å². The third-order valence-corrected chi connectivity index (χ3v) is 1.61. The Balaban J connectivity index is 2.72. The summed E-state index contributed by atoms with van der Waals surface area (Å²) in [6, 6.07) is 7.48. The standard InChI is InChI=1S/C10H13FO/c1-3-9-5-4-6-10(7-9)12-8(2)11/h4-8H,3H2,1-2H3. The number of aryl methyl sites for hydroxylation is 1. The average molecular weight is 168 g/mol. The molecule has 0 aromatic heterocycles. The molecule has 1 nitrogen and oxygen atoms in total. The molecular weight excluding hydrogens is 155 g/mol. The van der Waals surface area contributed by atoms with Gasteiger partial charge >= 0.3 is 0 Å². The van der Waals surface area contributed by atoms with Crippen LogP contribution >= 0.6 is 0 Å². The summed E-state index contributed by atoms with van der Waals surface area (Å²) in [5.41, 5.74) is 1.16. The Hall–Kier alpha value is -1.05. The van der Waals surface area contributed by atoms with Crippen LogP contribution in [0.4, 0.5) is 4.39 Å². The molecule has 0 spiro atoms. The van der Waals surface area contributed by atoms with Crippen molar-refractivity contribution in [3.63, 3.8) is 0 Å². The first-order valence-electron chi connectivity index (χ1n) is 4.12. The van der Waals surface area contributed by atoms with Gasteiger partial charge in [-0.2, -0.15) is 0 Å². The van der Waals surface area contributed by atoms with E-state index in [1.54, 1.807) is 6.07 Å². The van der Waals surface area contributed by atoms with Gasteiger partial charge in [0.2, 0.25) is 6.36 Å². The summed E-state index contributed by atoms with van der Waals surface area (Å²) < 4.78 is 17.3. The zero-order valence-corrected chi connectivity index (χ0v) is 7.38. The van der Waals surface area contributed by atoms with Crippen molar-refractivity contribution in [1.82, 2.24) is 0 Å². The molecule has 12 heavy (non-hydrogen) atoms. The van der Waals surface area contributed by atoms with Gasteiger partial charge in [-0.25, -0.2) is 4.39 Å². The highest BCUT2D eigenvalue weighted by Crippen LogP contribution is 2.15. The van der Waals surface area contributed by atoms with Gasteiger partial charge in [0.1, 0.15) is 5.75 Å². The van der Waals surface area contributed by atoms with Gasteiger partial charge in [0.15, 0.2) is 0 Å². The van der Waals surface area contributed by atoms with Crippen molar-refractivity contribution in [1.29, 1.82) is 0 Å². The fraction of sp³-hybridized carbons (Fsp3) is 0.400. The summed E-state index contributed by atoms with van der Waals surface area (Å²) in [6.07, 6.45) is -0.296. The highest BCUT2D eigenvalue weighted by molar-refractivity contribution is 5.28. The number of rotatable bonds is 3. The van der Waals surface area contributed by atoms with Crippen LogP contribution in [-0.4, -0.2) is 6.36 Å². The Morgan fingerprint density at radius 3 is 2.83 bits per heavy atom. The predicted molar refractivity (Wildman–Crippen MR) is 47.0 cm³/mol. The number of benzene rings is 1. The van der Waals surface area contributed by atoms with Crippen molar-refractivity contribution in [2.75, 3.05) is 0 Å². The van der Waals surface area contributed by atoms with Crippen LogP contribution in [-0.2, 0) is 6.42 Å². The highest BCUT2D eigenvalue weighted by atomic mass is 19.1. The van der Waals surface area contributed by atoms with Crippen LogP contribution in [0, 0.1) is 0 Å². The molecule has 1 aromatic carbocycles. The van der Waals surface area contributed by atoms with Crippen molar-refractivity contribution in [3.05, 3.63) is 29.8 Å². The molecular formula is C10H13FO. The Morgan fingerprint density at radius 1 is 1.50 bits per heavy atom. The smallest absolute Gasteiger partial charge is 0.235 e. The van der Waals surface area contributed by atoms with Crippen LogP contribution in [0.15, 0.2) is 24.3 Å². The molecule has 2 heteroatoms. The van der Waals surface area contributed by atoms with E-state index in [1.807, 2.05) is 18.2 Å². The van der Waals surface area contributed by atoms with Crippen molar-refractivity contribution >= 4 is 0 Å². The molecule has 0 saturated heterocycles. The summed E-state index contributed by atoms with van der Waals surface area (Å²) in [7, 11) is 0. The Bertz CT molecular complexity index is 245. The Morgan fingerprint density at radius 2 is 2.25 bits per heavy atom. The summed E-state index contributed by atoms with van der Waals surface area (Å²) in [4.78, 5) is 0. The van der Waals surface area contributed by atoms with E-state index in [1.165, 1.54) is 6.92 Å². The van der Waals surface area contributed by atoms with Crippen LogP contribution in [0.1, 0.15) is 19.4 Å². The van der Waals surface area contributed by atoms with Crippen molar-refractivity contribution in [2.45, 2.75) is 26.6 Å². The zero-order chi connectivity index (χ0) is 8.97. The number of ether oxygens (including phenoxy) is 1. The minimum Gasteiger partial charge on any atom is -0.461 e. The molecule has 66 valence electrons. The Labute approximate surface area is 72.2 Å². The quantitative estimate of drug-likeness (QED) is 0.674. The molecule has 0 bridgehead atoms. The number of halogens is 1. The molecule has 0 heterocycles. The SMILES string of the molecule is CCc1cccc(OC(C)F)c1. The van der Waals surface area contributed by atoms with Gasteiger partial charge in [-0.05, 0) is 24.1 Å². The van der Waals surface area contributed by atoms with Crippen molar-refractivity contribution in [2.24, 2.45) is 0 Å². The second-order valence-electron chi connectivity index (χ2n) is 2.66. The molecule has 0 radical (unpaired) electrons. The summed E-state index contributed by atoms with van der Waals surface area (Å²) >= 11 is 0. The third-order valence-electron chi connectivity index (χ3n) is 1.61. The first kappa shape index (κ1) is 9.04. The van der Waals surface area contributed by atoms with E-state index >= 15 is 0 Å². The lowest BCUT2D eigenvalue weighted by Crippen LogP contribution is -2.03. The van der Waals surface area contributed by atoms with Gasteiger partial charge in [-0.1, -0.05) is 19.1 Å². The van der Waals surface area contributed by atoms with Gasteiger partial charge in [-0.15, -0.1) is 0 Å². The predicted octanol–water partition coefficient (Wildman–Crippen LogP) is 2.94. The second kappa shape index (κ2) is 4.10. The lowest BCUT2D eigenvalue weighted by atomic mass is 10.2. The fourth-order valence-corrected chi connectivity index (χ4v) is 1.03. The second-order valence-corrected chi connectivity index (χ2v) is 2.66.